The molecule has 98 valence electrons. The largest absolute Gasteiger partial charge is 0.463 e. The summed E-state index contributed by atoms with van der Waals surface area (Å²) in [6.07, 6.45) is 5.99. The summed E-state index contributed by atoms with van der Waals surface area (Å²) in [5.74, 6) is 0.501. The second-order valence-corrected chi connectivity index (χ2v) is 4.48. The molecule has 17 heavy (non-hydrogen) atoms. The third-order valence-corrected chi connectivity index (χ3v) is 3.00. The Morgan fingerprint density at radius 1 is 1.59 bits per heavy atom. The quantitative estimate of drug-likeness (QED) is 0.556. The van der Waals surface area contributed by atoms with Gasteiger partial charge in [0.15, 0.2) is 0 Å². The molecule has 1 heterocycles. The van der Waals surface area contributed by atoms with E-state index in [1.165, 1.54) is 18.9 Å². The SMILES string of the molecule is CCOC(=O)/C=C/CN1CCCC(CNC)C1. The van der Waals surface area contributed by atoms with E-state index in [2.05, 4.69) is 10.2 Å². The van der Waals surface area contributed by atoms with E-state index in [4.69, 9.17) is 4.74 Å². The third kappa shape index (κ3) is 5.84. The maximum absolute atomic E-state index is 11.1. The molecule has 0 saturated carbocycles. The van der Waals surface area contributed by atoms with Crippen molar-refractivity contribution in [3.8, 4) is 0 Å². The predicted octanol–water partition coefficient (Wildman–Crippen LogP) is 1.04. The smallest absolute Gasteiger partial charge is 0.330 e. The predicted molar refractivity (Wildman–Crippen MR) is 68.9 cm³/mol. The van der Waals surface area contributed by atoms with Crippen LogP contribution < -0.4 is 5.32 Å². The van der Waals surface area contributed by atoms with E-state index < -0.39 is 0 Å². The Bertz CT molecular complexity index is 252. The van der Waals surface area contributed by atoms with Crippen LogP contribution in [-0.4, -0.2) is 50.7 Å². The van der Waals surface area contributed by atoms with Gasteiger partial charge in [0, 0.05) is 19.2 Å². The van der Waals surface area contributed by atoms with Crippen LogP contribution in [-0.2, 0) is 9.53 Å². The van der Waals surface area contributed by atoms with E-state index in [1.807, 2.05) is 20.0 Å². The number of piperidine rings is 1. The maximum atomic E-state index is 11.1. The van der Waals surface area contributed by atoms with Crippen LogP contribution in [0.4, 0.5) is 0 Å². The van der Waals surface area contributed by atoms with Crippen LogP contribution in [0.1, 0.15) is 19.8 Å². The van der Waals surface area contributed by atoms with Crippen molar-refractivity contribution in [3.63, 3.8) is 0 Å². The molecule has 0 radical (unpaired) electrons. The molecule has 0 amide bonds. The van der Waals surface area contributed by atoms with Gasteiger partial charge in [-0.15, -0.1) is 0 Å². The van der Waals surface area contributed by atoms with Crippen molar-refractivity contribution >= 4 is 5.97 Å². The van der Waals surface area contributed by atoms with Crippen molar-refractivity contribution in [1.82, 2.24) is 10.2 Å². The minimum atomic E-state index is -0.240. The molecule has 0 aromatic rings. The topological polar surface area (TPSA) is 41.6 Å². The fourth-order valence-electron chi connectivity index (χ4n) is 2.26. The first-order valence-electron chi connectivity index (χ1n) is 6.46. The van der Waals surface area contributed by atoms with Gasteiger partial charge in [0.05, 0.1) is 6.61 Å². The van der Waals surface area contributed by atoms with Crippen molar-refractivity contribution in [2.75, 3.05) is 39.8 Å². The molecule has 1 N–H and O–H groups in total. The van der Waals surface area contributed by atoms with Crippen LogP contribution in [0.25, 0.3) is 0 Å². The molecule has 1 aliphatic heterocycles. The van der Waals surface area contributed by atoms with Crippen LogP contribution in [0.15, 0.2) is 12.2 Å². The van der Waals surface area contributed by atoms with E-state index in [1.54, 1.807) is 0 Å². The fourth-order valence-corrected chi connectivity index (χ4v) is 2.26. The summed E-state index contributed by atoms with van der Waals surface area (Å²) in [6.45, 7) is 6.44. The minimum absolute atomic E-state index is 0.240. The van der Waals surface area contributed by atoms with E-state index >= 15 is 0 Å². The number of likely N-dealkylation sites (tertiary alicyclic amines) is 1. The van der Waals surface area contributed by atoms with Crippen molar-refractivity contribution in [2.24, 2.45) is 5.92 Å². The zero-order valence-corrected chi connectivity index (χ0v) is 10.9. The molecule has 0 spiro atoms. The Morgan fingerprint density at radius 2 is 2.41 bits per heavy atom. The molecule has 4 heteroatoms. The fraction of sp³-hybridized carbons (Fsp3) is 0.769. The number of hydrogen-bond donors (Lipinski definition) is 1. The van der Waals surface area contributed by atoms with Gasteiger partial charge < -0.3 is 10.1 Å². The average Bonchev–Trinajstić information content (AvgIpc) is 2.30. The van der Waals surface area contributed by atoms with Crippen LogP contribution in [0.5, 0.6) is 0 Å². The summed E-state index contributed by atoms with van der Waals surface area (Å²) < 4.78 is 4.84. The first-order valence-corrected chi connectivity index (χ1v) is 6.46. The molecule has 0 aromatic heterocycles. The molecule has 0 aliphatic carbocycles. The summed E-state index contributed by atoms with van der Waals surface area (Å²) in [7, 11) is 2.00. The molecular weight excluding hydrogens is 216 g/mol. The number of nitrogens with zero attached hydrogens (tertiary/aromatic N) is 1. The summed E-state index contributed by atoms with van der Waals surface area (Å²) in [4.78, 5) is 13.5. The zero-order chi connectivity index (χ0) is 12.5. The van der Waals surface area contributed by atoms with Gasteiger partial charge in [-0.25, -0.2) is 4.79 Å². The zero-order valence-electron chi connectivity index (χ0n) is 10.9. The van der Waals surface area contributed by atoms with Crippen molar-refractivity contribution < 1.29 is 9.53 Å². The van der Waals surface area contributed by atoms with Crippen molar-refractivity contribution in [3.05, 3.63) is 12.2 Å². The summed E-state index contributed by atoms with van der Waals surface area (Å²) in [5.41, 5.74) is 0. The van der Waals surface area contributed by atoms with Crippen molar-refractivity contribution in [1.29, 1.82) is 0 Å². The highest BCUT2D eigenvalue weighted by atomic mass is 16.5. The number of esters is 1. The third-order valence-electron chi connectivity index (χ3n) is 3.00. The van der Waals surface area contributed by atoms with Gasteiger partial charge in [-0.05, 0) is 45.8 Å². The Hall–Kier alpha value is -0.870. The van der Waals surface area contributed by atoms with Crippen molar-refractivity contribution in [2.45, 2.75) is 19.8 Å². The van der Waals surface area contributed by atoms with Crippen LogP contribution >= 0.6 is 0 Å². The van der Waals surface area contributed by atoms with Gasteiger partial charge in [0.2, 0.25) is 0 Å². The van der Waals surface area contributed by atoms with Gasteiger partial charge in [-0.2, -0.15) is 0 Å². The lowest BCUT2D eigenvalue weighted by atomic mass is 9.98. The van der Waals surface area contributed by atoms with Gasteiger partial charge in [-0.3, -0.25) is 4.90 Å². The highest BCUT2D eigenvalue weighted by Crippen LogP contribution is 2.15. The van der Waals surface area contributed by atoms with E-state index in [-0.39, 0.29) is 5.97 Å². The summed E-state index contributed by atoms with van der Waals surface area (Å²) in [6, 6.07) is 0. The Labute approximate surface area is 104 Å². The van der Waals surface area contributed by atoms with Gasteiger partial charge >= 0.3 is 5.97 Å². The number of rotatable bonds is 6. The second-order valence-electron chi connectivity index (χ2n) is 4.48. The first kappa shape index (κ1) is 14.2. The highest BCUT2D eigenvalue weighted by molar-refractivity contribution is 5.81. The Kier molecular flexibility index (Phi) is 6.89. The van der Waals surface area contributed by atoms with Crippen LogP contribution in [0, 0.1) is 5.92 Å². The lowest BCUT2D eigenvalue weighted by Gasteiger charge is -2.31. The lowest BCUT2D eigenvalue weighted by molar-refractivity contribution is -0.137. The first-order chi connectivity index (χ1) is 8.26. The Morgan fingerprint density at radius 3 is 3.12 bits per heavy atom. The molecule has 1 saturated heterocycles. The van der Waals surface area contributed by atoms with E-state index in [9.17, 15) is 4.79 Å². The molecule has 1 rings (SSSR count). The molecule has 4 nitrogen and oxygen atoms in total. The van der Waals surface area contributed by atoms with E-state index in [0.29, 0.717) is 6.61 Å². The van der Waals surface area contributed by atoms with E-state index in [0.717, 1.165) is 32.1 Å². The molecule has 1 fully saturated rings. The lowest BCUT2D eigenvalue weighted by Crippen LogP contribution is -2.39. The highest BCUT2D eigenvalue weighted by Gasteiger charge is 2.17. The molecule has 0 aromatic carbocycles. The van der Waals surface area contributed by atoms with Crippen LogP contribution in [0.3, 0.4) is 0 Å². The van der Waals surface area contributed by atoms with Gasteiger partial charge in [0.1, 0.15) is 0 Å². The maximum Gasteiger partial charge on any atom is 0.330 e. The van der Waals surface area contributed by atoms with Gasteiger partial charge in [-0.1, -0.05) is 6.08 Å². The number of hydrogen-bond acceptors (Lipinski definition) is 4. The van der Waals surface area contributed by atoms with Gasteiger partial charge in [0.25, 0.3) is 0 Å². The summed E-state index contributed by atoms with van der Waals surface area (Å²) >= 11 is 0. The molecule has 1 aliphatic rings. The summed E-state index contributed by atoms with van der Waals surface area (Å²) in [5, 5.41) is 3.23. The van der Waals surface area contributed by atoms with Crippen LogP contribution in [0.2, 0.25) is 0 Å². The number of carbonyl (C=O) groups is 1. The Balaban J connectivity index is 2.24. The molecule has 1 atom stereocenters. The normalized spacial score (nSPS) is 21.9. The monoisotopic (exact) mass is 240 g/mol. The standard InChI is InChI=1S/C13H24N2O2/c1-3-17-13(16)7-5-9-15-8-4-6-12(11-15)10-14-2/h5,7,12,14H,3-4,6,8-11H2,1-2H3/b7-5+. The molecular formula is C13H24N2O2. The molecule has 1 unspecified atom stereocenters. The number of ether oxygens (including phenoxy) is 1. The number of carbonyl (C=O) groups excluding carboxylic acids is 1. The minimum Gasteiger partial charge on any atom is -0.463 e. The second kappa shape index (κ2) is 8.25. The number of nitrogens with one attached hydrogen (secondary N) is 1. The average molecular weight is 240 g/mol. The molecule has 0 bridgehead atoms.